The zero-order chi connectivity index (χ0) is 19.3. The van der Waals surface area contributed by atoms with Crippen LogP contribution in [0, 0.1) is 29.1 Å². The number of hydrogen-bond acceptors (Lipinski definition) is 2. The normalized spacial score (nSPS) is 34.6. The van der Waals surface area contributed by atoms with Crippen molar-refractivity contribution in [2.45, 2.75) is 57.8 Å². The fraction of sp³-hybridized carbons (Fsp3) is 0.667. The molecule has 4 saturated carbocycles. The Morgan fingerprint density at radius 1 is 0.964 bits per heavy atom. The topological polar surface area (TPSA) is 57.6 Å². The summed E-state index contributed by atoms with van der Waals surface area (Å²) < 4.78 is 0. The van der Waals surface area contributed by atoms with Gasteiger partial charge in [0, 0.05) is 13.1 Å². The van der Waals surface area contributed by atoms with Crippen molar-refractivity contribution in [3.05, 3.63) is 35.4 Å². The second kappa shape index (κ2) is 6.89. The van der Waals surface area contributed by atoms with Gasteiger partial charge < -0.3 is 10.0 Å². The average molecular weight is 382 g/mol. The van der Waals surface area contributed by atoms with Crippen molar-refractivity contribution in [2.24, 2.45) is 29.1 Å². The average Bonchev–Trinajstić information content (AvgIpc) is 2.67. The van der Waals surface area contributed by atoms with Crippen molar-refractivity contribution in [3.63, 3.8) is 0 Å². The number of aromatic carboxylic acids is 1. The van der Waals surface area contributed by atoms with Crippen LogP contribution in [0.2, 0.25) is 0 Å². The van der Waals surface area contributed by atoms with Crippen LogP contribution >= 0.6 is 0 Å². The molecular weight excluding hydrogens is 350 g/mol. The van der Waals surface area contributed by atoms with Crippen LogP contribution in [-0.2, 0) is 11.2 Å². The Morgan fingerprint density at radius 3 is 2.11 bits per heavy atom. The largest absolute Gasteiger partial charge is 0.478 e. The molecule has 4 heteroatoms. The molecule has 1 saturated heterocycles. The van der Waals surface area contributed by atoms with E-state index in [0.717, 1.165) is 74.9 Å². The third-order valence-corrected chi connectivity index (χ3v) is 8.15. The molecule has 6 rings (SSSR count). The molecule has 1 aromatic carbocycles. The van der Waals surface area contributed by atoms with Crippen LogP contribution in [0.25, 0.3) is 0 Å². The van der Waals surface area contributed by atoms with E-state index in [-0.39, 0.29) is 5.41 Å². The summed E-state index contributed by atoms with van der Waals surface area (Å²) in [5, 5.41) is 9.41. The molecule has 1 N–H and O–H groups in total. The van der Waals surface area contributed by atoms with Gasteiger partial charge in [0.05, 0.1) is 11.0 Å². The molecule has 0 atom stereocenters. The van der Waals surface area contributed by atoms with Gasteiger partial charge in [-0.1, -0.05) is 18.2 Å². The molecule has 4 aliphatic carbocycles. The van der Waals surface area contributed by atoms with Crippen molar-refractivity contribution in [3.8, 4) is 0 Å². The van der Waals surface area contributed by atoms with Crippen LogP contribution in [0.3, 0.4) is 0 Å². The summed E-state index contributed by atoms with van der Waals surface area (Å²) in [7, 11) is 0. The van der Waals surface area contributed by atoms with Crippen LogP contribution in [0.1, 0.15) is 67.3 Å². The zero-order valence-corrected chi connectivity index (χ0v) is 16.6. The molecule has 5 fully saturated rings. The monoisotopic (exact) mass is 381 g/mol. The zero-order valence-electron chi connectivity index (χ0n) is 16.6. The number of carboxylic acid groups (broad SMARTS) is 1. The number of benzene rings is 1. The lowest BCUT2D eigenvalue weighted by molar-refractivity contribution is -0.159. The number of piperidine rings is 1. The number of likely N-dealkylation sites (tertiary alicyclic amines) is 1. The SMILES string of the molecule is O=C(O)c1ccccc1CC1CCN(C(=O)C23CC4CC(CC(C4)C2)C3)CC1. The van der Waals surface area contributed by atoms with Gasteiger partial charge in [-0.05, 0) is 93.1 Å². The maximum absolute atomic E-state index is 13.5. The molecule has 1 aliphatic heterocycles. The van der Waals surface area contributed by atoms with E-state index < -0.39 is 5.97 Å². The first-order valence-corrected chi connectivity index (χ1v) is 11.1. The number of amides is 1. The minimum Gasteiger partial charge on any atom is -0.478 e. The first kappa shape index (κ1) is 18.2. The van der Waals surface area contributed by atoms with Crippen LogP contribution in [-0.4, -0.2) is 35.0 Å². The Hall–Kier alpha value is -1.84. The van der Waals surface area contributed by atoms with Gasteiger partial charge in [-0.25, -0.2) is 4.79 Å². The lowest BCUT2D eigenvalue weighted by Crippen LogP contribution is -2.55. The van der Waals surface area contributed by atoms with E-state index in [1.54, 1.807) is 12.1 Å². The molecule has 28 heavy (non-hydrogen) atoms. The molecule has 0 unspecified atom stereocenters. The summed E-state index contributed by atoms with van der Waals surface area (Å²) in [6, 6.07) is 7.35. The summed E-state index contributed by atoms with van der Waals surface area (Å²) in [4.78, 5) is 27.1. The number of rotatable bonds is 4. The highest BCUT2D eigenvalue weighted by Crippen LogP contribution is 2.60. The van der Waals surface area contributed by atoms with Crippen molar-refractivity contribution in [1.29, 1.82) is 0 Å². The smallest absolute Gasteiger partial charge is 0.335 e. The number of hydrogen-bond donors (Lipinski definition) is 1. The van der Waals surface area contributed by atoms with E-state index in [4.69, 9.17) is 0 Å². The molecule has 1 heterocycles. The molecule has 1 amide bonds. The third kappa shape index (κ3) is 3.15. The fourth-order valence-electron chi connectivity index (χ4n) is 7.27. The molecule has 5 aliphatic rings. The molecule has 0 spiro atoms. The summed E-state index contributed by atoms with van der Waals surface area (Å²) in [6.07, 6.45) is 10.3. The van der Waals surface area contributed by atoms with Crippen molar-refractivity contribution < 1.29 is 14.7 Å². The Morgan fingerprint density at radius 2 is 1.54 bits per heavy atom. The molecule has 0 radical (unpaired) electrons. The fourth-order valence-corrected chi connectivity index (χ4v) is 7.27. The highest BCUT2D eigenvalue weighted by molar-refractivity contribution is 5.89. The van der Waals surface area contributed by atoms with Crippen LogP contribution < -0.4 is 0 Å². The van der Waals surface area contributed by atoms with E-state index in [9.17, 15) is 14.7 Å². The Labute approximate surface area is 167 Å². The molecule has 1 aromatic rings. The highest BCUT2D eigenvalue weighted by atomic mass is 16.4. The quantitative estimate of drug-likeness (QED) is 0.842. The van der Waals surface area contributed by atoms with Crippen molar-refractivity contribution >= 4 is 11.9 Å². The van der Waals surface area contributed by atoms with Gasteiger partial charge in [0.2, 0.25) is 5.91 Å². The number of carboxylic acids is 1. The van der Waals surface area contributed by atoms with Gasteiger partial charge in [-0.3, -0.25) is 4.79 Å². The standard InChI is InChI=1S/C24H31NO3/c26-22(27)21-4-2-1-3-20(21)12-16-5-7-25(8-6-16)23(28)24-13-17-9-18(14-24)11-19(10-17)15-24/h1-4,16-19H,5-15H2,(H,26,27). The van der Waals surface area contributed by atoms with Gasteiger partial charge in [-0.15, -0.1) is 0 Å². The van der Waals surface area contributed by atoms with Crippen LogP contribution in [0.15, 0.2) is 24.3 Å². The minimum absolute atomic E-state index is 0.0303. The van der Waals surface area contributed by atoms with E-state index >= 15 is 0 Å². The van der Waals surface area contributed by atoms with Gasteiger partial charge in [-0.2, -0.15) is 0 Å². The number of carbonyl (C=O) groups is 2. The first-order valence-electron chi connectivity index (χ1n) is 11.1. The lowest BCUT2D eigenvalue weighted by Gasteiger charge is -2.57. The number of carbonyl (C=O) groups excluding carboxylic acids is 1. The minimum atomic E-state index is -0.843. The maximum Gasteiger partial charge on any atom is 0.335 e. The Kier molecular flexibility index (Phi) is 4.48. The summed E-state index contributed by atoms with van der Waals surface area (Å²) >= 11 is 0. The lowest BCUT2D eigenvalue weighted by atomic mass is 9.49. The summed E-state index contributed by atoms with van der Waals surface area (Å²) in [5.74, 6) is 2.50. The van der Waals surface area contributed by atoms with E-state index in [0.29, 0.717) is 17.4 Å². The Balaban J connectivity index is 1.22. The first-order chi connectivity index (χ1) is 13.5. The summed E-state index contributed by atoms with van der Waals surface area (Å²) in [6.45, 7) is 1.70. The maximum atomic E-state index is 13.5. The van der Waals surface area contributed by atoms with E-state index in [1.807, 2.05) is 12.1 Å². The molecule has 0 aromatic heterocycles. The molecule has 150 valence electrons. The second-order valence-corrected chi connectivity index (χ2v) is 10.1. The Bertz CT molecular complexity index is 743. The summed E-state index contributed by atoms with van der Waals surface area (Å²) in [5.41, 5.74) is 1.33. The predicted molar refractivity (Wildman–Crippen MR) is 107 cm³/mol. The molecule has 4 bridgehead atoms. The molecule has 4 nitrogen and oxygen atoms in total. The number of nitrogens with zero attached hydrogens (tertiary/aromatic N) is 1. The van der Waals surface area contributed by atoms with E-state index in [1.165, 1.54) is 19.3 Å². The predicted octanol–water partition coefficient (Wildman–Crippen LogP) is 4.38. The van der Waals surface area contributed by atoms with Gasteiger partial charge in [0.15, 0.2) is 0 Å². The molecular formula is C24H31NO3. The van der Waals surface area contributed by atoms with E-state index in [2.05, 4.69) is 4.90 Å². The van der Waals surface area contributed by atoms with Crippen LogP contribution in [0.5, 0.6) is 0 Å². The van der Waals surface area contributed by atoms with Gasteiger partial charge in [0.1, 0.15) is 0 Å². The third-order valence-electron chi connectivity index (χ3n) is 8.15. The second-order valence-electron chi connectivity index (χ2n) is 10.1. The van der Waals surface area contributed by atoms with Crippen molar-refractivity contribution in [1.82, 2.24) is 4.90 Å². The van der Waals surface area contributed by atoms with Gasteiger partial charge >= 0.3 is 5.97 Å². The van der Waals surface area contributed by atoms with Crippen molar-refractivity contribution in [2.75, 3.05) is 13.1 Å². The highest BCUT2D eigenvalue weighted by Gasteiger charge is 2.55. The van der Waals surface area contributed by atoms with Crippen LogP contribution in [0.4, 0.5) is 0 Å². The van der Waals surface area contributed by atoms with Gasteiger partial charge in [0.25, 0.3) is 0 Å².